The Bertz CT molecular complexity index is 1170. The summed E-state index contributed by atoms with van der Waals surface area (Å²) in [6, 6.07) is 12.1. The SMILES string of the molecule is COc1cc(O)ccc1C(=O)N=c1scc(C(=O)NCc2ccc(C)cc2)n1CCCN. The highest BCUT2D eigenvalue weighted by molar-refractivity contribution is 7.07. The van der Waals surface area contributed by atoms with E-state index in [1.165, 1.54) is 36.6 Å². The fourth-order valence-electron chi connectivity index (χ4n) is 3.05. The molecule has 32 heavy (non-hydrogen) atoms. The van der Waals surface area contributed by atoms with Crippen molar-refractivity contribution >= 4 is 23.2 Å². The smallest absolute Gasteiger partial charge is 0.283 e. The summed E-state index contributed by atoms with van der Waals surface area (Å²) in [7, 11) is 1.41. The van der Waals surface area contributed by atoms with Crippen LogP contribution in [-0.4, -0.2) is 35.1 Å². The number of nitrogens with one attached hydrogen (secondary N) is 1. The van der Waals surface area contributed by atoms with Crippen molar-refractivity contribution in [3.8, 4) is 11.5 Å². The molecule has 1 aromatic heterocycles. The van der Waals surface area contributed by atoms with Crippen LogP contribution in [-0.2, 0) is 13.1 Å². The number of methoxy groups -OCH3 is 1. The molecule has 0 fully saturated rings. The first-order valence-corrected chi connectivity index (χ1v) is 11.0. The van der Waals surface area contributed by atoms with E-state index in [2.05, 4.69) is 10.3 Å². The zero-order valence-electron chi connectivity index (χ0n) is 18.0. The van der Waals surface area contributed by atoms with E-state index in [0.717, 1.165) is 11.1 Å². The molecule has 0 aliphatic heterocycles. The molecule has 0 spiro atoms. The van der Waals surface area contributed by atoms with E-state index in [-0.39, 0.29) is 23.0 Å². The highest BCUT2D eigenvalue weighted by Crippen LogP contribution is 2.24. The number of ether oxygens (including phenoxy) is 1. The van der Waals surface area contributed by atoms with Crippen molar-refractivity contribution in [2.24, 2.45) is 10.7 Å². The van der Waals surface area contributed by atoms with Gasteiger partial charge in [-0.2, -0.15) is 4.99 Å². The topological polar surface area (TPSA) is 119 Å². The molecule has 0 atom stereocenters. The molecule has 0 aliphatic carbocycles. The average Bonchev–Trinajstić information content (AvgIpc) is 3.19. The lowest BCUT2D eigenvalue weighted by Gasteiger charge is -2.10. The summed E-state index contributed by atoms with van der Waals surface area (Å²) in [6.45, 7) is 3.29. The Morgan fingerprint density at radius 1 is 1.22 bits per heavy atom. The van der Waals surface area contributed by atoms with Crippen LogP contribution < -0.4 is 20.6 Å². The lowest BCUT2D eigenvalue weighted by Crippen LogP contribution is -2.29. The number of phenols is 1. The minimum atomic E-state index is -0.531. The number of aromatic hydroxyl groups is 1. The normalized spacial score (nSPS) is 11.4. The van der Waals surface area contributed by atoms with Gasteiger partial charge in [0.1, 0.15) is 17.2 Å². The average molecular weight is 455 g/mol. The minimum absolute atomic E-state index is 0.0138. The number of hydrogen-bond donors (Lipinski definition) is 3. The maximum absolute atomic E-state index is 12.8. The Morgan fingerprint density at radius 2 is 1.97 bits per heavy atom. The molecule has 0 saturated heterocycles. The molecule has 2 aromatic carbocycles. The zero-order chi connectivity index (χ0) is 23.1. The predicted octanol–water partition coefficient (Wildman–Crippen LogP) is 2.59. The summed E-state index contributed by atoms with van der Waals surface area (Å²) >= 11 is 1.20. The van der Waals surface area contributed by atoms with Gasteiger partial charge in [-0.05, 0) is 37.6 Å². The highest BCUT2D eigenvalue weighted by atomic mass is 32.1. The number of nitrogens with two attached hydrogens (primary N) is 1. The lowest BCUT2D eigenvalue weighted by molar-refractivity contribution is 0.0937. The Kier molecular flexibility index (Phi) is 7.80. The van der Waals surface area contributed by atoms with Crippen LogP contribution in [0.25, 0.3) is 0 Å². The van der Waals surface area contributed by atoms with Gasteiger partial charge >= 0.3 is 0 Å². The summed E-state index contributed by atoms with van der Waals surface area (Å²) in [5.74, 6) is -0.577. The number of benzene rings is 2. The van der Waals surface area contributed by atoms with Gasteiger partial charge in [0.05, 0.1) is 12.7 Å². The number of hydrogen-bond acceptors (Lipinski definition) is 6. The second-order valence-electron chi connectivity index (χ2n) is 7.17. The molecular weight excluding hydrogens is 428 g/mol. The molecule has 4 N–H and O–H groups in total. The predicted molar refractivity (Wildman–Crippen MR) is 123 cm³/mol. The molecule has 0 aliphatic rings. The van der Waals surface area contributed by atoms with Gasteiger partial charge in [-0.15, -0.1) is 11.3 Å². The van der Waals surface area contributed by atoms with Crippen molar-refractivity contribution in [2.75, 3.05) is 13.7 Å². The Balaban J connectivity index is 1.87. The van der Waals surface area contributed by atoms with E-state index in [1.807, 2.05) is 31.2 Å². The molecule has 0 saturated carbocycles. The van der Waals surface area contributed by atoms with E-state index in [4.69, 9.17) is 10.5 Å². The van der Waals surface area contributed by atoms with E-state index in [0.29, 0.717) is 36.6 Å². The second-order valence-corrected chi connectivity index (χ2v) is 8.00. The van der Waals surface area contributed by atoms with Crippen molar-refractivity contribution in [3.63, 3.8) is 0 Å². The van der Waals surface area contributed by atoms with Crippen LogP contribution in [0.5, 0.6) is 11.5 Å². The van der Waals surface area contributed by atoms with Crippen molar-refractivity contribution in [1.29, 1.82) is 0 Å². The first kappa shape index (κ1) is 23.2. The first-order chi connectivity index (χ1) is 15.4. The molecule has 9 heteroatoms. The number of carbonyl (C=O) groups is 2. The van der Waals surface area contributed by atoms with Gasteiger partial charge in [0.2, 0.25) is 0 Å². The monoisotopic (exact) mass is 454 g/mol. The van der Waals surface area contributed by atoms with Gasteiger partial charge in [-0.3, -0.25) is 9.59 Å². The van der Waals surface area contributed by atoms with Crippen LogP contribution >= 0.6 is 11.3 Å². The number of aromatic nitrogens is 1. The number of nitrogens with zero attached hydrogens (tertiary/aromatic N) is 2. The lowest BCUT2D eigenvalue weighted by atomic mass is 10.1. The summed E-state index contributed by atoms with van der Waals surface area (Å²) < 4.78 is 6.88. The van der Waals surface area contributed by atoms with Gasteiger partial charge in [-0.25, -0.2) is 0 Å². The van der Waals surface area contributed by atoms with Gasteiger partial charge in [0.25, 0.3) is 11.8 Å². The third kappa shape index (κ3) is 5.63. The van der Waals surface area contributed by atoms with Crippen LogP contribution in [0.4, 0.5) is 0 Å². The van der Waals surface area contributed by atoms with Gasteiger partial charge in [-0.1, -0.05) is 29.8 Å². The molecule has 3 aromatic rings. The number of amides is 2. The Hall–Kier alpha value is -3.43. The van der Waals surface area contributed by atoms with Gasteiger partial charge < -0.3 is 25.5 Å². The molecule has 0 unspecified atom stereocenters. The fourth-order valence-corrected chi connectivity index (χ4v) is 3.95. The van der Waals surface area contributed by atoms with E-state index < -0.39 is 5.91 Å². The molecule has 168 valence electrons. The maximum atomic E-state index is 12.8. The second kappa shape index (κ2) is 10.7. The molecule has 0 bridgehead atoms. The number of carbonyl (C=O) groups excluding carboxylic acids is 2. The number of thiazole rings is 1. The summed E-state index contributed by atoms with van der Waals surface area (Å²) in [5.41, 5.74) is 8.44. The van der Waals surface area contributed by atoms with Crippen LogP contribution in [0.1, 0.15) is 38.4 Å². The maximum Gasteiger partial charge on any atom is 0.283 e. The number of rotatable bonds is 8. The summed E-state index contributed by atoms with van der Waals surface area (Å²) in [6.07, 6.45) is 0.624. The fraction of sp³-hybridized carbons (Fsp3) is 0.261. The molecule has 0 radical (unpaired) electrons. The highest BCUT2D eigenvalue weighted by Gasteiger charge is 2.16. The number of aryl methyl sites for hydroxylation is 1. The first-order valence-electron chi connectivity index (χ1n) is 10.1. The third-order valence-corrected chi connectivity index (χ3v) is 5.67. The van der Waals surface area contributed by atoms with Crippen molar-refractivity contribution < 1.29 is 19.4 Å². The van der Waals surface area contributed by atoms with Crippen molar-refractivity contribution in [2.45, 2.75) is 26.4 Å². The number of phenolic OH excluding ortho intramolecular Hbond substituents is 1. The van der Waals surface area contributed by atoms with Crippen molar-refractivity contribution in [1.82, 2.24) is 9.88 Å². The molecule has 2 amide bonds. The molecule has 1 heterocycles. The van der Waals surface area contributed by atoms with Crippen LogP contribution in [0, 0.1) is 6.92 Å². The molecular formula is C23H26N4O4S. The van der Waals surface area contributed by atoms with Crippen LogP contribution in [0.3, 0.4) is 0 Å². The largest absolute Gasteiger partial charge is 0.508 e. The third-order valence-electron chi connectivity index (χ3n) is 4.80. The van der Waals surface area contributed by atoms with E-state index in [1.54, 1.807) is 9.95 Å². The standard InChI is InChI=1S/C23H26N4O4S/c1-15-4-6-16(7-5-15)13-25-22(30)19-14-32-23(27(19)11-3-10-24)26-21(29)18-9-8-17(28)12-20(18)31-2/h4-9,12,14,28H,3,10-11,13,24H2,1-2H3,(H,25,30). The quantitative estimate of drug-likeness (QED) is 0.483. The van der Waals surface area contributed by atoms with Crippen LogP contribution in [0.2, 0.25) is 0 Å². The van der Waals surface area contributed by atoms with Gasteiger partial charge in [0, 0.05) is 24.5 Å². The van der Waals surface area contributed by atoms with Crippen LogP contribution in [0.15, 0.2) is 52.8 Å². The van der Waals surface area contributed by atoms with E-state index in [9.17, 15) is 14.7 Å². The zero-order valence-corrected chi connectivity index (χ0v) is 18.8. The minimum Gasteiger partial charge on any atom is -0.508 e. The van der Waals surface area contributed by atoms with E-state index >= 15 is 0 Å². The Morgan fingerprint density at radius 3 is 2.66 bits per heavy atom. The Labute approximate surface area is 190 Å². The van der Waals surface area contributed by atoms with Crippen molar-refractivity contribution in [3.05, 3.63) is 75.0 Å². The summed E-state index contributed by atoms with van der Waals surface area (Å²) in [5, 5.41) is 14.2. The molecule has 8 nitrogen and oxygen atoms in total. The summed E-state index contributed by atoms with van der Waals surface area (Å²) in [4.78, 5) is 30.2. The molecule has 3 rings (SSSR count). The van der Waals surface area contributed by atoms with Gasteiger partial charge in [0.15, 0.2) is 4.80 Å².